The number of ether oxygens (including phenoxy) is 1. The zero-order valence-electron chi connectivity index (χ0n) is 25.2. The van der Waals surface area contributed by atoms with Crippen molar-refractivity contribution in [3.8, 4) is 5.75 Å². The highest BCUT2D eigenvalue weighted by molar-refractivity contribution is 7.92. The van der Waals surface area contributed by atoms with Crippen LogP contribution in [0, 0.1) is 0 Å². The van der Waals surface area contributed by atoms with Crippen LogP contribution in [0.15, 0.2) is 126 Å². The number of anilines is 1. The Balaban J connectivity index is 1.15. The third-order valence-electron chi connectivity index (χ3n) is 7.84. The maximum Gasteiger partial charge on any atom is 0.232 e. The van der Waals surface area contributed by atoms with Gasteiger partial charge in [-0.2, -0.15) is 0 Å². The number of nitrogens with zero attached hydrogens (tertiary/aromatic N) is 1. The summed E-state index contributed by atoms with van der Waals surface area (Å²) in [6, 6.07) is 37.5. The van der Waals surface area contributed by atoms with Crippen LogP contribution in [0.1, 0.15) is 33.9 Å². The van der Waals surface area contributed by atoms with Crippen molar-refractivity contribution in [2.45, 2.75) is 19.0 Å². The van der Waals surface area contributed by atoms with Crippen LogP contribution in [0.2, 0.25) is 5.02 Å². The van der Waals surface area contributed by atoms with E-state index in [1.807, 2.05) is 103 Å². The van der Waals surface area contributed by atoms with Crippen LogP contribution in [-0.2, 0) is 16.6 Å². The van der Waals surface area contributed by atoms with E-state index in [9.17, 15) is 13.2 Å². The number of fused-ring (bicyclic) bond motifs is 3. The van der Waals surface area contributed by atoms with E-state index < -0.39 is 10.0 Å². The topological polar surface area (TPSA) is 88.9 Å². The van der Waals surface area contributed by atoms with Crippen LogP contribution in [0.3, 0.4) is 0 Å². The van der Waals surface area contributed by atoms with E-state index in [1.54, 1.807) is 18.2 Å². The zero-order chi connectivity index (χ0) is 32.1. The van der Waals surface area contributed by atoms with Crippen LogP contribution in [-0.4, -0.2) is 33.6 Å². The molecule has 6 rings (SSSR count). The predicted octanol–water partition coefficient (Wildman–Crippen LogP) is 8.19. The lowest BCUT2D eigenvalue weighted by Crippen LogP contribution is -2.31. The van der Waals surface area contributed by atoms with Gasteiger partial charge in [-0.1, -0.05) is 90.5 Å². The number of halogens is 1. The van der Waals surface area contributed by atoms with Crippen molar-refractivity contribution < 1.29 is 22.4 Å². The largest absolute Gasteiger partial charge is 0.493 e. The normalized spacial score (nSPS) is 12.3. The summed E-state index contributed by atoms with van der Waals surface area (Å²) in [5.41, 5.74) is 4.04. The highest BCUT2D eigenvalue weighted by Crippen LogP contribution is 2.32. The first-order chi connectivity index (χ1) is 22.3. The lowest BCUT2D eigenvalue weighted by molar-refractivity contribution is 0.0985. The van der Waals surface area contributed by atoms with E-state index in [2.05, 4.69) is 5.32 Å². The second-order valence-electron chi connectivity index (χ2n) is 11.1. The lowest BCUT2D eigenvalue weighted by Gasteiger charge is -2.24. The molecule has 1 heterocycles. The predicted molar refractivity (Wildman–Crippen MR) is 184 cm³/mol. The summed E-state index contributed by atoms with van der Waals surface area (Å²) < 4.78 is 39.0. The Morgan fingerprint density at radius 3 is 2.30 bits per heavy atom. The summed E-state index contributed by atoms with van der Waals surface area (Å²) in [6.07, 6.45) is 1.73. The van der Waals surface area contributed by atoms with Crippen molar-refractivity contribution >= 4 is 55.0 Å². The lowest BCUT2D eigenvalue weighted by atomic mass is 10.0. The summed E-state index contributed by atoms with van der Waals surface area (Å²) in [5.74, 6) is 0.511. The molecule has 0 radical (unpaired) electrons. The molecule has 6 aromatic rings. The van der Waals surface area contributed by atoms with Crippen LogP contribution < -0.4 is 14.4 Å². The summed E-state index contributed by atoms with van der Waals surface area (Å²) >= 11 is 6.48. The van der Waals surface area contributed by atoms with Crippen molar-refractivity contribution in [1.82, 2.24) is 5.32 Å². The number of hydrogen-bond acceptors (Lipinski definition) is 6. The minimum Gasteiger partial charge on any atom is -0.493 e. The first-order valence-electron chi connectivity index (χ1n) is 14.9. The van der Waals surface area contributed by atoms with Gasteiger partial charge in [-0.15, -0.1) is 0 Å². The molecule has 1 atom stereocenters. The van der Waals surface area contributed by atoms with Gasteiger partial charge in [0.05, 0.1) is 36.7 Å². The van der Waals surface area contributed by atoms with Crippen molar-refractivity contribution in [3.63, 3.8) is 0 Å². The molecule has 0 bridgehead atoms. The van der Waals surface area contributed by atoms with Gasteiger partial charge >= 0.3 is 0 Å². The second-order valence-corrected chi connectivity index (χ2v) is 13.4. The number of benzene rings is 5. The molecule has 7 nitrogen and oxygen atoms in total. The average Bonchev–Trinajstić information content (AvgIpc) is 3.44. The molecular weight excluding hydrogens is 620 g/mol. The summed E-state index contributed by atoms with van der Waals surface area (Å²) in [4.78, 5) is 13.5. The molecule has 46 heavy (non-hydrogen) atoms. The van der Waals surface area contributed by atoms with Gasteiger partial charge in [0.25, 0.3) is 0 Å². The second kappa shape index (κ2) is 13.8. The van der Waals surface area contributed by atoms with Gasteiger partial charge in [0, 0.05) is 34.9 Å². The fourth-order valence-corrected chi connectivity index (χ4v) is 6.65. The average molecular weight is 653 g/mol. The van der Waals surface area contributed by atoms with Gasteiger partial charge in [0.1, 0.15) is 16.9 Å². The zero-order valence-corrected chi connectivity index (χ0v) is 26.8. The van der Waals surface area contributed by atoms with Gasteiger partial charge in [-0.25, -0.2) is 8.42 Å². The molecule has 9 heteroatoms. The Morgan fingerprint density at radius 2 is 1.54 bits per heavy atom. The Labute approximate surface area is 273 Å². The van der Waals surface area contributed by atoms with Crippen LogP contribution in [0.25, 0.3) is 21.9 Å². The minimum atomic E-state index is -3.69. The van der Waals surface area contributed by atoms with Crippen molar-refractivity contribution in [2.75, 3.05) is 23.7 Å². The monoisotopic (exact) mass is 652 g/mol. The van der Waals surface area contributed by atoms with Crippen LogP contribution in [0.5, 0.6) is 5.75 Å². The number of sulfonamides is 1. The SMILES string of the molecule is CS(=O)(=O)N(Cc1ccccc1)c1cc(C(=O)CNC(CCOc2ccc3c(c2)oc2ccccc23)c2ccccc2)ccc1Cl. The van der Waals surface area contributed by atoms with Crippen LogP contribution >= 0.6 is 11.6 Å². The number of nitrogens with one attached hydrogen (secondary N) is 1. The fraction of sp³-hybridized carbons (Fsp3) is 0.162. The number of hydrogen-bond donors (Lipinski definition) is 1. The van der Waals surface area contributed by atoms with E-state index in [-0.39, 0.29) is 35.6 Å². The standard InChI is InChI=1S/C37H33ClN2O5S/c1-46(42,43)40(25-26-10-4-2-5-11-26)34-22-28(16-19-32(34)38)35(41)24-39-33(27-12-6-3-7-13-27)20-21-44-29-17-18-31-30-14-8-9-15-36(30)45-37(31)23-29/h2-19,22-23,33,39H,20-21,24-25H2,1H3. The Hall–Kier alpha value is -4.63. The Morgan fingerprint density at radius 1 is 0.848 bits per heavy atom. The number of furan rings is 1. The number of Topliss-reactive ketones (excluding diaryl/α,β-unsaturated/α-hetero) is 1. The molecule has 0 amide bonds. The number of carbonyl (C=O) groups is 1. The molecule has 0 saturated carbocycles. The summed E-state index contributed by atoms with van der Waals surface area (Å²) in [6.45, 7) is 0.526. The molecule has 1 unspecified atom stereocenters. The van der Waals surface area contributed by atoms with E-state index >= 15 is 0 Å². The number of para-hydroxylation sites is 1. The molecule has 0 aliphatic heterocycles. The van der Waals surface area contributed by atoms with Gasteiger partial charge in [-0.3, -0.25) is 9.10 Å². The molecule has 0 fully saturated rings. The Kier molecular flexibility index (Phi) is 9.40. The highest BCUT2D eigenvalue weighted by Gasteiger charge is 2.23. The number of ketones is 1. The summed E-state index contributed by atoms with van der Waals surface area (Å²) in [5, 5.41) is 5.73. The number of carbonyl (C=O) groups excluding carboxylic acids is 1. The molecular formula is C37H33ClN2O5S. The van der Waals surface area contributed by atoms with Gasteiger partial charge in [0.15, 0.2) is 5.78 Å². The first-order valence-corrected chi connectivity index (χ1v) is 17.2. The Bertz CT molecular complexity index is 2080. The van der Waals surface area contributed by atoms with Crippen molar-refractivity contribution in [1.29, 1.82) is 0 Å². The maximum absolute atomic E-state index is 13.5. The van der Waals surface area contributed by atoms with Crippen molar-refractivity contribution in [3.05, 3.63) is 143 Å². The molecule has 234 valence electrons. The van der Waals surface area contributed by atoms with Gasteiger partial charge in [0.2, 0.25) is 10.0 Å². The van der Waals surface area contributed by atoms with Gasteiger partial charge in [-0.05, 0) is 47.5 Å². The summed E-state index contributed by atoms with van der Waals surface area (Å²) in [7, 11) is -3.69. The van der Waals surface area contributed by atoms with Gasteiger partial charge < -0.3 is 14.5 Å². The number of rotatable bonds is 13. The molecule has 0 aliphatic rings. The molecule has 0 spiro atoms. The molecule has 0 aliphatic carbocycles. The third kappa shape index (κ3) is 7.26. The van der Waals surface area contributed by atoms with Crippen molar-refractivity contribution in [2.24, 2.45) is 0 Å². The van der Waals surface area contributed by atoms with E-state index in [0.29, 0.717) is 24.3 Å². The molecule has 0 saturated heterocycles. The molecule has 5 aromatic carbocycles. The maximum atomic E-state index is 13.5. The highest BCUT2D eigenvalue weighted by atomic mass is 35.5. The van der Waals surface area contributed by atoms with E-state index in [1.165, 1.54) is 4.31 Å². The third-order valence-corrected chi connectivity index (χ3v) is 9.29. The molecule has 1 aromatic heterocycles. The fourth-order valence-electron chi connectivity index (χ4n) is 5.49. The van der Waals surface area contributed by atoms with Crippen LogP contribution in [0.4, 0.5) is 5.69 Å². The minimum absolute atomic E-state index is 0.0309. The smallest absolute Gasteiger partial charge is 0.232 e. The molecule has 1 N–H and O–H groups in total. The quantitative estimate of drug-likeness (QED) is 0.127. The van der Waals surface area contributed by atoms with E-state index in [0.717, 1.165) is 39.3 Å². The first kappa shape index (κ1) is 31.4. The van der Waals surface area contributed by atoms with E-state index in [4.69, 9.17) is 20.8 Å².